The van der Waals surface area contributed by atoms with Crippen molar-refractivity contribution in [3.05, 3.63) is 35.4 Å². The van der Waals surface area contributed by atoms with E-state index in [2.05, 4.69) is 6.07 Å². The summed E-state index contributed by atoms with van der Waals surface area (Å²) in [5, 5.41) is 17.9. The molecule has 1 fully saturated rings. The molecule has 0 aliphatic carbocycles. The van der Waals surface area contributed by atoms with Crippen LogP contribution in [0.4, 0.5) is 0 Å². The van der Waals surface area contributed by atoms with Crippen molar-refractivity contribution in [3.8, 4) is 12.1 Å². The van der Waals surface area contributed by atoms with Gasteiger partial charge in [0.15, 0.2) is 0 Å². The lowest BCUT2D eigenvalue weighted by Crippen LogP contribution is -2.41. The number of likely N-dealkylation sites (tertiary alicyclic amines) is 1. The first-order chi connectivity index (χ1) is 9.08. The molecule has 1 aromatic carbocycles. The number of hydrogen-bond acceptors (Lipinski definition) is 3. The molecular formula is C15H15N3O. The van der Waals surface area contributed by atoms with Gasteiger partial charge in [-0.2, -0.15) is 10.5 Å². The van der Waals surface area contributed by atoms with Gasteiger partial charge in [-0.25, -0.2) is 0 Å². The highest BCUT2D eigenvalue weighted by molar-refractivity contribution is 5.94. The molecule has 0 bridgehead atoms. The van der Waals surface area contributed by atoms with E-state index < -0.39 is 0 Å². The maximum Gasteiger partial charge on any atom is 0.253 e. The molecule has 1 saturated heterocycles. The molecule has 0 radical (unpaired) electrons. The molecule has 0 N–H and O–H groups in total. The van der Waals surface area contributed by atoms with E-state index in [0.29, 0.717) is 37.1 Å². The van der Waals surface area contributed by atoms with E-state index in [1.165, 1.54) is 0 Å². The minimum absolute atomic E-state index is 0.0583. The fourth-order valence-corrected chi connectivity index (χ4v) is 2.22. The Hall–Kier alpha value is -2.33. The Morgan fingerprint density at radius 2 is 2.00 bits per heavy atom. The van der Waals surface area contributed by atoms with Gasteiger partial charge in [0, 0.05) is 18.7 Å². The zero-order valence-corrected chi connectivity index (χ0v) is 10.9. The number of hydrogen-bond donors (Lipinski definition) is 0. The van der Waals surface area contributed by atoms with E-state index in [-0.39, 0.29) is 11.3 Å². The Balaban J connectivity index is 2.10. The summed E-state index contributed by atoms with van der Waals surface area (Å²) in [6.07, 6.45) is 1.40. The summed E-state index contributed by atoms with van der Waals surface area (Å²) >= 11 is 0. The summed E-state index contributed by atoms with van der Waals surface area (Å²) in [5.74, 6) is -0.0583. The van der Waals surface area contributed by atoms with Crippen molar-refractivity contribution in [2.45, 2.75) is 19.8 Å². The average Bonchev–Trinajstić information content (AvgIpc) is 2.47. The molecule has 4 heteroatoms. The fourth-order valence-electron chi connectivity index (χ4n) is 2.22. The van der Waals surface area contributed by atoms with Crippen molar-refractivity contribution in [2.24, 2.45) is 5.41 Å². The van der Waals surface area contributed by atoms with Crippen LogP contribution in [0.1, 0.15) is 35.7 Å². The lowest BCUT2D eigenvalue weighted by Gasteiger charge is -2.35. The van der Waals surface area contributed by atoms with Crippen LogP contribution >= 0.6 is 0 Å². The third kappa shape index (κ3) is 2.74. The van der Waals surface area contributed by atoms with Crippen molar-refractivity contribution in [3.63, 3.8) is 0 Å². The van der Waals surface area contributed by atoms with Crippen molar-refractivity contribution in [2.75, 3.05) is 13.1 Å². The molecule has 96 valence electrons. The molecule has 0 unspecified atom stereocenters. The van der Waals surface area contributed by atoms with E-state index in [1.807, 2.05) is 13.0 Å². The van der Waals surface area contributed by atoms with Gasteiger partial charge in [0.05, 0.1) is 23.1 Å². The lowest BCUT2D eigenvalue weighted by molar-refractivity contribution is 0.0661. The highest BCUT2D eigenvalue weighted by Gasteiger charge is 2.32. The highest BCUT2D eigenvalue weighted by Crippen LogP contribution is 2.30. The third-order valence-electron chi connectivity index (χ3n) is 3.66. The summed E-state index contributed by atoms with van der Waals surface area (Å²) in [4.78, 5) is 14.1. The van der Waals surface area contributed by atoms with Crippen LogP contribution in [0.2, 0.25) is 0 Å². The van der Waals surface area contributed by atoms with E-state index >= 15 is 0 Å². The number of nitriles is 2. The maximum absolute atomic E-state index is 12.3. The van der Waals surface area contributed by atoms with Gasteiger partial charge in [-0.05, 0) is 38.0 Å². The standard InChI is InChI=1S/C15H15N3O/c1-15(11-17)5-7-18(8-6-15)14(19)13-4-2-3-12(9-13)10-16/h2-4,9H,5-8H2,1H3. The molecule has 0 atom stereocenters. The maximum atomic E-state index is 12.3. The SMILES string of the molecule is CC1(C#N)CCN(C(=O)c2cccc(C#N)c2)CC1. The van der Waals surface area contributed by atoms with Gasteiger partial charge in [-0.1, -0.05) is 6.07 Å². The topological polar surface area (TPSA) is 67.9 Å². The molecule has 2 rings (SSSR count). The Bertz CT molecular complexity index is 572. The highest BCUT2D eigenvalue weighted by atomic mass is 16.2. The largest absolute Gasteiger partial charge is 0.339 e. The Morgan fingerprint density at radius 1 is 1.32 bits per heavy atom. The smallest absolute Gasteiger partial charge is 0.253 e. The monoisotopic (exact) mass is 253 g/mol. The number of amides is 1. The van der Waals surface area contributed by atoms with E-state index in [4.69, 9.17) is 10.5 Å². The average molecular weight is 253 g/mol. The van der Waals surface area contributed by atoms with Crippen LogP contribution in [0.3, 0.4) is 0 Å². The molecule has 0 spiro atoms. The minimum Gasteiger partial charge on any atom is -0.339 e. The number of benzene rings is 1. The third-order valence-corrected chi connectivity index (χ3v) is 3.66. The molecular weight excluding hydrogens is 238 g/mol. The van der Waals surface area contributed by atoms with Gasteiger partial charge in [0.2, 0.25) is 0 Å². The molecule has 1 aliphatic heterocycles. The van der Waals surface area contributed by atoms with Crippen molar-refractivity contribution in [1.82, 2.24) is 4.90 Å². The van der Waals surface area contributed by atoms with Crippen LogP contribution in [0, 0.1) is 28.1 Å². The lowest BCUT2D eigenvalue weighted by atomic mass is 9.82. The van der Waals surface area contributed by atoms with E-state index in [0.717, 1.165) is 0 Å². The molecule has 4 nitrogen and oxygen atoms in total. The normalized spacial score (nSPS) is 17.3. The molecule has 1 aromatic rings. The van der Waals surface area contributed by atoms with Crippen LogP contribution in [-0.2, 0) is 0 Å². The first-order valence-corrected chi connectivity index (χ1v) is 6.29. The van der Waals surface area contributed by atoms with Crippen molar-refractivity contribution >= 4 is 5.91 Å². The second kappa shape index (κ2) is 5.12. The van der Waals surface area contributed by atoms with Gasteiger partial charge < -0.3 is 4.90 Å². The number of nitrogens with zero attached hydrogens (tertiary/aromatic N) is 3. The van der Waals surface area contributed by atoms with Gasteiger partial charge in [0.1, 0.15) is 0 Å². The number of carbonyl (C=O) groups is 1. The van der Waals surface area contributed by atoms with E-state index in [1.54, 1.807) is 29.2 Å². The molecule has 1 amide bonds. The van der Waals surface area contributed by atoms with E-state index in [9.17, 15) is 4.79 Å². The zero-order chi connectivity index (χ0) is 13.9. The van der Waals surface area contributed by atoms with Crippen LogP contribution in [0.15, 0.2) is 24.3 Å². The first kappa shape index (κ1) is 13.1. The second-order valence-electron chi connectivity index (χ2n) is 5.16. The predicted octanol–water partition coefficient (Wildman–Crippen LogP) is 2.32. The summed E-state index contributed by atoms with van der Waals surface area (Å²) in [6.45, 7) is 3.13. The fraction of sp³-hybridized carbons (Fsp3) is 0.400. The molecule has 1 aliphatic rings. The quantitative estimate of drug-likeness (QED) is 0.771. The van der Waals surface area contributed by atoms with Crippen molar-refractivity contribution in [1.29, 1.82) is 10.5 Å². The van der Waals surface area contributed by atoms with Gasteiger partial charge in [-0.15, -0.1) is 0 Å². The van der Waals surface area contributed by atoms with Crippen molar-refractivity contribution < 1.29 is 4.79 Å². The van der Waals surface area contributed by atoms with Crippen LogP contribution in [0.5, 0.6) is 0 Å². The minimum atomic E-state index is -0.314. The van der Waals surface area contributed by atoms with Crippen LogP contribution < -0.4 is 0 Å². The van der Waals surface area contributed by atoms with Gasteiger partial charge >= 0.3 is 0 Å². The Morgan fingerprint density at radius 3 is 2.58 bits per heavy atom. The summed E-state index contributed by atoms with van der Waals surface area (Å²) in [7, 11) is 0. The zero-order valence-electron chi connectivity index (χ0n) is 10.9. The second-order valence-corrected chi connectivity index (χ2v) is 5.16. The summed E-state index contributed by atoms with van der Waals surface area (Å²) < 4.78 is 0. The Kier molecular flexibility index (Phi) is 3.53. The Labute approximate surface area is 112 Å². The number of carbonyl (C=O) groups excluding carboxylic acids is 1. The van der Waals surface area contributed by atoms with Crippen LogP contribution in [-0.4, -0.2) is 23.9 Å². The van der Waals surface area contributed by atoms with Crippen LogP contribution in [0.25, 0.3) is 0 Å². The van der Waals surface area contributed by atoms with Gasteiger partial charge in [-0.3, -0.25) is 4.79 Å². The summed E-state index contributed by atoms with van der Waals surface area (Å²) in [6, 6.07) is 11.1. The van der Waals surface area contributed by atoms with Gasteiger partial charge in [0.25, 0.3) is 5.91 Å². The molecule has 19 heavy (non-hydrogen) atoms. The molecule has 0 aromatic heterocycles. The number of piperidine rings is 1. The predicted molar refractivity (Wildman–Crippen MR) is 70.0 cm³/mol. The molecule has 1 heterocycles. The molecule has 0 saturated carbocycles. The summed E-state index contributed by atoms with van der Waals surface area (Å²) in [5.41, 5.74) is 0.718. The first-order valence-electron chi connectivity index (χ1n) is 6.29. The number of rotatable bonds is 1.